The van der Waals surface area contributed by atoms with Crippen molar-refractivity contribution in [2.75, 3.05) is 18.2 Å². The maximum atomic E-state index is 12.3. The Kier molecular flexibility index (Phi) is 5.01. The van der Waals surface area contributed by atoms with Crippen molar-refractivity contribution in [3.63, 3.8) is 0 Å². The lowest BCUT2D eigenvalue weighted by Crippen LogP contribution is -2.24. The third-order valence-electron chi connectivity index (χ3n) is 4.34. The third kappa shape index (κ3) is 3.64. The van der Waals surface area contributed by atoms with Crippen molar-refractivity contribution in [2.24, 2.45) is 0 Å². The smallest absolute Gasteiger partial charge is 0.212 e. The van der Waals surface area contributed by atoms with E-state index in [9.17, 15) is 8.42 Å². The van der Waals surface area contributed by atoms with Crippen molar-refractivity contribution < 1.29 is 8.42 Å². The SMILES string of the molecule is CN/C(=C(/Cl)C=N)S(=O)(=O)CNc1ccc2nc(C3CCC3)[nH]c2c1. The molecule has 1 aliphatic rings. The average molecular weight is 382 g/mol. The number of nitrogens with zero attached hydrogens (tertiary/aromatic N) is 1. The van der Waals surface area contributed by atoms with Gasteiger partial charge in [0.05, 0.1) is 16.1 Å². The molecule has 134 valence electrons. The molecule has 0 unspecified atom stereocenters. The molecule has 0 aliphatic heterocycles. The standard InChI is InChI=1S/C16H20ClN5O2S/c1-19-16(12(17)8-18)25(23,24)9-20-11-5-6-13-14(7-11)22-15(21-13)10-3-2-4-10/h5-8,10,18-20H,2-4,9H2,1H3,(H,21,22)/b16-12-,18-8?. The zero-order valence-electron chi connectivity index (χ0n) is 13.8. The number of allylic oxidation sites excluding steroid dienone is 1. The summed E-state index contributed by atoms with van der Waals surface area (Å²) in [5.41, 5.74) is 2.42. The molecule has 1 aliphatic carbocycles. The van der Waals surface area contributed by atoms with E-state index in [-0.39, 0.29) is 15.9 Å². The third-order valence-corrected chi connectivity index (χ3v) is 6.32. The number of rotatable bonds is 7. The number of hydrogen-bond donors (Lipinski definition) is 4. The second-order valence-corrected chi connectivity index (χ2v) is 8.32. The molecule has 0 atom stereocenters. The first-order chi connectivity index (χ1) is 11.9. The molecule has 0 spiro atoms. The van der Waals surface area contributed by atoms with Crippen LogP contribution in [-0.2, 0) is 9.84 Å². The average Bonchev–Trinajstić information content (AvgIpc) is 2.93. The van der Waals surface area contributed by atoms with Gasteiger partial charge in [0.25, 0.3) is 0 Å². The van der Waals surface area contributed by atoms with Gasteiger partial charge in [0.15, 0.2) is 0 Å². The first kappa shape index (κ1) is 17.8. The molecule has 1 fully saturated rings. The molecule has 25 heavy (non-hydrogen) atoms. The van der Waals surface area contributed by atoms with Gasteiger partial charge in [-0.1, -0.05) is 18.0 Å². The molecule has 4 N–H and O–H groups in total. The zero-order chi connectivity index (χ0) is 18.0. The summed E-state index contributed by atoms with van der Waals surface area (Å²) in [4.78, 5) is 7.92. The molecule has 0 radical (unpaired) electrons. The summed E-state index contributed by atoms with van der Waals surface area (Å²) in [6, 6.07) is 5.51. The highest BCUT2D eigenvalue weighted by molar-refractivity contribution is 7.95. The molecule has 3 rings (SSSR count). The van der Waals surface area contributed by atoms with Crippen molar-refractivity contribution in [1.29, 1.82) is 5.41 Å². The summed E-state index contributed by atoms with van der Waals surface area (Å²) in [5, 5.41) is 12.2. The molecular formula is C16H20ClN5O2S. The van der Waals surface area contributed by atoms with Gasteiger partial charge in [0, 0.05) is 24.9 Å². The molecule has 0 amide bonds. The van der Waals surface area contributed by atoms with Crippen LogP contribution >= 0.6 is 11.6 Å². The van der Waals surface area contributed by atoms with Crippen LogP contribution < -0.4 is 10.6 Å². The number of sulfone groups is 1. The van der Waals surface area contributed by atoms with Crippen molar-refractivity contribution >= 4 is 44.4 Å². The van der Waals surface area contributed by atoms with Gasteiger partial charge in [-0.3, -0.25) is 0 Å². The Morgan fingerprint density at radius 2 is 2.24 bits per heavy atom. The normalized spacial score (nSPS) is 16.2. The summed E-state index contributed by atoms with van der Waals surface area (Å²) >= 11 is 5.78. The Hall–Kier alpha value is -2.06. The maximum Gasteiger partial charge on any atom is 0.212 e. The number of nitrogens with one attached hydrogen (secondary N) is 4. The van der Waals surface area contributed by atoms with Crippen molar-refractivity contribution in [3.8, 4) is 0 Å². The monoisotopic (exact) mass is 381 g/mol. The molecule has 7 nitrogen and oxygen atoms in total. The predicted octanol–water partition coefficient (Wildman–Crippen LogP) is 2.89. The Morgan fingerprint density at radius 1 is 1.48 bits per heavy atom. The first-order valence-electron chi connectivity index (χ1n) is 7.99. The molecule has 9 heteroatoms. The van der Waals surface area contributed by atoms with Gasteiger partial charge in [0.2, 0.25) is 9.84 Å². The molecule has 0 saturated heterocycles. The second-order valence-electron chi connectivity index (χ2n) is 5.99. The lowest BCUT2D eigenvalue weighted by atomic mass is 9.85. The van der Waals surface area contributed by atoms with Gasteiger partial charge < -0.3 is 21.0 Å². The summed E-state index contributed by atoms with van der Waals surface area (Å²) in [6.07, 6.45) is 4.36. The number of fused-ring (bicyclic) bond motifs is 1. The minimum absolute atomic E-state index is 0.154. The lowest BCUT2D eigenvalue weighted by Gasteiger charge is -2.22. The van der Waals surface area contributed by atoms with Crippen molar-refractivity contribution in [1.82, 2.24) is 15.3 Å². The van der Waals surface area contributed by atoms with E-state index < -0.39 is 9.84 Å². The minimum Gasteiger partial charge on any atom is -0.378 e. The Labute approximate surface area is 151 Å². The number of benzene rings is 1. The van der Waals surface area contributed by atoms with Gasteiger partial charge in [-0.25, -0.2) is 13.4 Å². The van der Waals surface area contributed by atoms with Crippen LogP contribution in [0.15, 0.2) is 28.3 Å². The lowest BCUT2D eigenvalue weighted by molar-refractivity contribution is 0.405. The topological polar surface area (TPSA) is 111 Å². The first-order valence-corrected chi connectivity index (χ1v) is 10.0. The number of hydrogen-bond acceptors (Lipinski definition) is 6. The van der Waals surface area contributed by atoms with Crippen LogP contribution in [0, 0.1) is 5.41 Å². The van der Waals surface area contributed by atoms with E-state index in [1.807, 2.05) is 12.1 Å². The predicted molar refractivity (Wildman–Crippen MR) is 101 cm³/mol. The highest BCUT2D eigenvalue weighted by Gasteiger charge is 2.23. The van der Waals surface area contributed by atoms with E-state index in [0.717, 1.165) is 35.9 Å². The number of H-pyrrole nitrogens is 1. The quantitative estimate of drug-likeness (QED) is 0.551. The van der Waals surface area contributed by atoms with Gasteiger partial charge in [-0.2, -0.15) is 0 Å². The second kappa shape index (κ2) is 7.05. The fourth-order valence-corrected chi connectivity index (χ4v) is 4.37. The van der Waals surface area contributed by atoms with Crippen LogP contribution in [0.2, 0.25) is 0 Å². The van der Waals surface area contributed by atoms with E-state index in [1.54, 1.807) is 6.07 Å². The Morgan fingerprint density at radius 3 is 2.84 bits per heavy atom. The summed E-state index contributed by atoms with van der Waals surface area (Å²) < 4.78 is 24.7. The van der Waals surface area contributed by atoms with Crippen molar-refractivity contribution in [2.45, 2.75) is 25.2 Å². The summed E-state index contributed by atoms with van der Waals surface area (Å²) in [5.74, 6) is 1.18. The largest absolute Gasteiger partial charge is 0.378 e. The van der Waals surface area contributed by atoms with Crippen LogP contribution in [-0.4, -0.2) is 37.5 Å². The number of imidazole rings is 1. The summed E-state index contributed by atoms with van der Waals surface area (Å²) in [7, 11) is -2.23. The van der Waals surface area contributed by atoms with Crippen LogP contribution in [0.4, 0.5) is 5.69 Å². The molecule has 1 aromatic heterocycles. The fraction of sp³-hybridized carbons (Fsp3) is 0.375. The van der Waals surface area contributed by atoms with Crippen LogP contribution in [0.1, 0.15) is 31.0 Å². The molecule has 1 heterocycles. The number of aromatic nitrogens is 2. The van der Waals surface area contributed by atoms with Gasteiger partial charge in [-0.15, -0.1) is 0 Å². The van der Waals surface area contributed by atoms with E-state index in [4.69, 9.17) is 17.0 Å². The Bertz CT molecular complexity index is 931. The molecule has 1 saturated carbocycles. The number of halogens is 1. The van der Waals surface area contributed by atoms with Crippen LogP contribution in [0.25, 0.3) is 11.0 Å². The zero-order valence-corrected chi connectivity index (χ0v) is 15.3. The Balaban J connectivity index is 1.77. The highest BCUT2D eigenvalue weighted by Crippen LogP contribution is 2.35. The van der Waals surface area contributed by atoms with E-state index >= 15 is 0 Å². The van der Waals surface area contributed by atoms with E-state index in [0.29, 0.717) is 11.6 Å². The van der Waals surface area contributed by atoms with Gasteiger partial charge in [0.1, 0.15) is 16.7 Å². The number of aromatic amines is 1. The van der Waals surface area contributed by atoms with E-state index in [1.165, 1.54) is 13.5 Å². The van der Waals surface area contributed by atoms with Gasteiger partial charge in [-0.05, 0) is 31.0 Å². The highest BCUT2D eigenvalue weighted by atomic mass is 35.5. The fourth-order valence-electron chi connectivity index (χ4n) is 2.75. The van der Waals surface area contributed by atoms with Gasteiger partial charge >= 0.3 is 0 Å². The van der Waals surface area contributed by atoms with Crippen molar-refractivity contribution in [3.05, 3.63) is 34.1 Å². The maximum absolute atomic E-state index is 12.3. The van der Waals surface area contributed by atoms with E-state index in [2.05, 4.69) is 20.6 Å². The molecular weight excluding hydrogens is 362 g/mol. The number of anilines is 1. The van der Waals surface area contributed by atoms with Crippen LogP contribution in [0.5, 0.6) is 0 Å². The molecule has 2 aromatic rings. The molecule has 1 aromatic carbocycles. The summed E-state index contributed by atoms with van der Waals surface area (Å²) in [6.45, 7) is 0. The molecule has 0 bridgehead atoms. The minimum atomic E-state index is -3.69. The van der Waals surface area contributed by atoms with Crippen LogP contribution in [0.3, 0.4) is 0 Å².